The fourth-order valence-electron chi connectivity index (χ4n) is 4.40. The van der Waals surface area contributed by atoms with Gasteiger partial charge in [0.05, 0.1) is 11.4 Å². The fourth-order valence-corrected chi connectivity index (χ4v) is 5.82. The van der Waals surface area contributed by atoms with Crippen LogP contribution in [0.3, 0.4) is 0 Å². The van der Waals surface area contributed by atoms with E-state index in [9.17, 15) is 13.2 Å². The highest BCUT2D eigenvalue weighted by atomic mass is 35.5. The van der Waals surface area contributed by atoms with Crippen molar-refractivity contribution in [2.75, 3.05) is 39.3 Å². The predicted octanol–water partition coefficient (Wildman–Crippen LogP) is 2.85. The van der Waals surface area contributed by atoms with Crippen molar-refractivity contribution in [3.05, 3.63) is 41.5 Å². The van der Waals surface area contributed by atoms with Gasteiger partial charge < -0.3 is 9.42 Å². The summed E-state index contributed by atoms with van der Waals surface area (Å²) >= 11 is 0. The minimum Gasteiger partial charge on any atom is -0.343 e. The van der Waals surface area contributed by atoms with Crippen LogP contribution in [0.25, 0.3) is 0 Å². The predicted molar refractivity (Wildman–Crippen MR) is 135 cm³/mol. The molecule has 2 aliphatic rings. The van der Waals surface area contributed by atoms with Gasteiger partial charge in [-0.1, -0.05) is 38.1 Å². The molecule has 9 nitrogen and oxygen atoms in total. The Morgan fingerprint density at radius 2 is 1.63 bits per heavy atom. The molecule has 2 aromatic rings. The number of hydrogen-bond acceptors (Lipinski definition) is 7. The standard InChI is InChI=1S/C24H35N5O4S.ClH/c1-24(2,3)19-6-8-20(9-7-19)34(31,32)29-16-14-27(15-17-29)18-21-25-22(33-26-21)10-11-23(30)28-12-4-5-13-28;/h6-9H,4-5,10-18H2,1-3H3;1H. The molecule has 0 N–H and O–H groups in total. The molecule has 1 aromatic carbocycles. The van der Waals surface area contributed by atoms with Gasteiger partial charge in [0.1, 0.15) is 0 Å². The van der Waals surface area contributed by atoms with Gasteiger partial charge in [0.25, 0.3) is 0 Å². The lowest BCUT2D eigenvalue weighted by Gasteiger charge is -2.33. The Labute approximate surface area is 214 Å². The van der Waals surface area contributed by atoms with E-state index in [0.29, 0.717) is 62.2 Å². The van der Waals surface area contributed by atoms with E-state index in [2.05, 4.69) is 35.8 Å². The van der Waals surface area contributed by atoms with Crippen molar-refractivity contribution in [3.8, 4) is 0 Å². The summed E-state index contributed by atoms with van der Waals surface area (Å²) in [6.07, 6.45) is 2.99. The molecule has 0 unspecified atom stereocenters. The first-order chi connectivity index (χ1) is 16.1. The maximum atomic E-state index is 13.1. The number of likely N-dealkylation sites (tertiary alicyclic amines) is 1. The number of halogens is 1. The lowest BCUT2D eigenvalue weighted by Crippen LogP contribution is -2.48. The number of amides is 1. The van der Waals surface area contributed by atoms with Crippen molar-refractivity contribution in [2.24, 2.45) is 0 Å². The molecule has 0 spiro atoms. The number of carbonyl (C=O) groups excluding carboxylic acids is 1. The molecular weight excluding hydrogens is 490 g/mol. The quantitative estimate of drug-likeness (QED) is 0.548. The summed E-state index contributed by atoms with van der Waals surface area (Å²) in [6, 6.07) is 7.21. The maximum Gasteiger partial charge on any atom is 0.243 e. The van der Waals surface area contributed by atoms with Gasteiger partial charge >= 0.3 is 0 Å². The Morgan fingerprint density at radius 3 is 2.23 bits per heavy atom. The number of rotatable bonds is 7. The molecule has 0 bridgehead atoms. The summed E-state index contributed by atoms with van der Waals surface area (Å²) in [5.41, 5.74) is 1.09. The van der Waals surface area contributed by atoms with Crippen molar-refractivity contribution in [2.45, 2.75) is 63.3 Å². The minimum absolute atomic E-state index is 0. The van der Waals surface area contributed by atoms with E-state index in [1.807, 2.05) is 17.0 Å². The van der Waals surface area contributed by atoms with Gasteiger partial charge in [-0.25, -0.2) is 8.42 Å². The lowest BCUT2D eigenvalue weighted by atomic mass is 9.87. The van der Waals surface area contributed by atoms with Gasteiger partial charge in [-0.05, 0) is 36.0 Å². The summed E-state index contributed by atoms with van der Waals surface area (Å²) in [7, 11) is -3.52. The highest BCUT2D eigenvalue weighted by Crippen LogP contribution is 2.25. The third-order valence-electron chi connectivity index (χ3n) is 6.58. The van der Waals surface area contributed by atoms with E-state index >= 15 is 0 Å². The summed E-state index contributed by atoms with van der Waals surface area (Å²) < 4.78 is 33.0. The highest BCUT2D eigenvalue weighted by molar-refractivity contribution is 7.89. The van der Waals surface area contributed by atoms with Crippen LogP contribution in [0.4, 0.5) is 0 Å². The number of benzene rings is 1. The molecule has 3 heterocycles. The van der Waals surface area contributed by atoms with Crippen LogP contribution in [-0.2, 0) is 33.2 Å². The van der Waals surface area contributed by atoms with Gasteiger partial charge in [0.2, 0.25) is 21.8 Å². The molecule has 4 rings (SSSR count). The third kappa shape index (κ3) is 6.81. The Hall–Kier alpha value is -2.01. The molecule has 0 radical (unpaired) electrons. The second-order valence-electron chi connectivity index (χ2n) is 10.1. The lowest BCUT2D eigenvalue weighted by molar-refractivity contribution is -0.130. The monoisotopic (exact) mass is 525 g/mol. The molecule has 0 aliphatic carbocycles. The third-order valence-corrected chi connectivity index (χ3v) is 8.49. The second kappa shape index (κ2) is 11.4. The van der Waals surface area contributed by atoms with Crippen LogP contribution in [0.15, 0.2) is 33.7 Å². The molecule has 1 amide bonds. The summed E-state index contributed by atoms with van der Waals surface area (Å²) in [6.45, 7) is 10.5. The number of piperazine rings is 1. The van der Waals surface area contributed by atoms with E-state index < -0.39 is 10.0 Å². The van der Waals surface area contributed by atoms with E-state index in [1.54, 1.807) is 16.4 Å². The first-order valence-corrected chi connectivity index (χ1v) is 13.5. The SMILES string of the molecule is CC(C)(C)c1ccc(S(=O)(=O)N2CCN(Cc3noc(CCC(=O)N4CCCC4)n3)CC2)cc1.Cl. The Balaban J connectivity index is 0.00000342. The van der Waals surface area contributed by atoms with Gasteiger partial charge in [-0.15, -0.1) is 12.4 Å². The maximum absolute atomic E-state index is 13.1. The van der Waals surface area contributed by atoms with Crippen molar-refractivity contribution in [1.29, 1.82) is 0 Å². The zero-order chi connectivity index (χ0) is 24.3. The highest BCUT2D eigenvalue weighted by Gasteiger charge is 2.29. The molecule has 0 atom stereocenters. The minimum atomic E-state index is -3.52. The average molecular weight is 526 g/mol. The van der Waals surface area contributed by atoms with Gasteiger partial charge in [-0.2, -0.15) is 9.29 Å². The Kier molecular flexibility index (Phi) is 8.96. The topological polar surface area (TPSA) is 99.8 Å². The van der Waals surface area contributed by atoms with E-state index in [4.69, 9.17) is 4.52 Å². The van der Waals surface area contributed by atoms with E-state index in [1.165, 1.54) is 0 Å². The second-order valence-corrected chi connectivity index (χ2v) is 12.1. The molecule has 2 saturated heterocycles. The number of aryl methyl sites for hydroxylation is 1. The van der Waals surface area contributed by atoms with Crippen molar-refractivity contribution < 1.29 is 17.7 Å². The Morgan fingerprint density at radius 1 is 1.00 bits per heavy atom. The zero-order valence-corrected chi connectivity index (χ0v) is 22.4. The van der Waals surface area contributed by atoms with Crippen LogP contribution in [0, 0.1) is 0 Å². The molecular formula is C24H36ClN5O4S. The van der Waals surface area contributed by atoms with Crippen LogP contribution in [0.1, 0.15) is 57.3 Å². The van der Waals surface area contributed by atoms with Crippen LogP contribution >= 0.6 is 12.4 Å². The molecule has 0 saturated carbocycles. The summed E-state index contributed by atoms with van der Waals surface area (Å²) in [4.78, 5) is 21.0. The van der Waals surface area contributed by atoms with E-state index in [0.717, 1.165) is 31.5 Å². The van der Waals surface area contributed by atoms with Crippen LogP contribution < -0.4 is 0 Å². The first kappa shape index (κ1) is 27.6. The molecule has 2 fully saturated rings. The number of hydrogen-bond donors (Lipinski definition) is 0. The van der Waals surface area contributed by atoms with Crippen LogP contribution in [0.2, 0.25) is 0 Å². The number of aromatic nitrogens is 2. The fraction of sp³-hybridized carbons (Fsp3) is 0.625. The summed E-state index contributed by atoms with van der Waals surface area (Å²) in [5.74, 6) is 1.18. The van der Waals surface area contributed by atoms with Crippen molar-refractivity contribution in [3.63, 3.8) is 0 Å². The molecule has 2 aliphatic heterocycles. The van der Waals surface area contributed by atoms with Crippen LogP contribution in [-0.4, -0.2) is 77.8 Å². The number of nitrogens with zero attached hydrogens (tertiary/aromatic N) is 5. The largest absolute Gasteiger partial charge is 0.343 e. The molecule has 194 valence electrons. The van der Waals surface area contributed by atoms with E-state index in [-0.39, 0.29) is 23.7 Å². The normalized spacial score (nSPS) is 18.0. The number of carbonyl (C=O) groups is 1. The van der Waals surface area contributed by atoms with Crippen LogP contribution in [0.5, 0.6) is 0 Å². The smallest absolute Gasteiger partial charge is 0.243 e. The number of sulfonamides is 1. The van der Waals surface area contributed by atoms with Crippen molar-refractivity contribution >= 4 is 28.3 Å². The van der Waals surface area contributed by atoms with Crippen molar-refractivity contribution in [1.82, 2.24) is 24.2 Å². The summed E-state index contributed by atoms with van der Waals surface area (Å²) in [5, 5.41) is 4.04. The average Bonchev–Trinajstić information content (AvgIpc) is 3.50. The molecule has 1 aromatic heterocycles. The van der Waals surface area contributed by atoms with Gasteiger partial charge in [-0.3, -0.25) is 9.69 Å². The molecule has 35 heavy (non-hydrogen) atoms. The zero-order valence-electron chi connectivity index (χ0n) is 20.8. The Bertz CT molecular complexity index is 1080. The molecule has 11 heteroatoms. The van der Waals surface area contributed by atoms with Gasteiger partial charge in [0.15, 0.2) is 5.82 Å². The van der Waals surface area contributed by atoms with Gasteiger partial charge in [0, 0.05) is 52.1 Å². The first-order valence-electron chi connectivity index (χ1n) is 12.1.